The third-order valence-corrected chi connectivity index (χ3v) is 8.71. The molecule has 0 spiro atoms. The Morgan fingerprint density at radius 3 is 2.75 bits per heavy atom. The van der Waals surface area contributed by atoms with Crippen LogP contribution in [0.1, 0.15) is 24.1 Å². The number of hydrogen-bond acceptors (Lipinski definition) is 5. The second-order valence-electron chi connectivity index (χ2n) is 7.71. The van der Waals surface area contributed by atoms with Crippen molar-refractivity contribution in [2.24, 2.45) is 18.9 Å². The highest BCUT2D eigenvalue weighted by Crippen LogP contribution is 2.52. The van der Waals surface area contributed by atoms with Crippen LogP contribution in [0.15, 0.2) is 29.2 Å². The van der Waals surface area contributed by atoms with E-state index in [1.807, 2.05) is 24.3 Å². The number of halogens is 1. The molecule has 0 amide bonds. The number of aryl methyl sites for hydroxylation is 2. The van der Waals surface area contributed by atoms with Crippen molar-refractivity contribution in [2.75, 3.05) is 20.2 Å². The van der Waals surface area contributed by atoms with Crippen LogP contribution in [0.4, 0.5) is 0 Å². The Hall–Kier alpha value is -1.61. The lowest BCUT2D eigenvalue weighted by molar-refractivity contribution is -0.00416. The van der Waals surface area contributed by atoms with Crippen LogP contribution in [0.5, 0.6) is 5.75 Å². The van der Waals surface area contributed by atoms with Gasteiger partial charge in [-0.25, -0.2) is 8.42 Å². The normalized spacial score (nSPS) is 27.9. The van der Waals surface area contributed by atoms with Crippen molar-refractivity contribution >= 4 is 21.6 Å². The second kappa shape index (κ2) is 6.73. The average molecular weight is 426 g/mol. The molecule has 9 heteroatoms. The van der Waals surface area contributed by atoms with Crippen molar-refractivity contribution in [2.45, 2.75) is 30.3 Å². The smallest absolute Gasteiger partial charge is 0.248 e. The summed E-state index contributed by atoms with van der Waals surface area (Å²) < 4.78 is 34.6. The maximum atomic E-state index is 13.3. The predicted molar refractivity (Wildman–Crippen MR) is 105 cm³/mol. The summed E-state index contributed by atoms with van der Waals surface area (Å²) in [5.74, 6) is 0.599. The lowest BCUT2D eigenvalue weighted by Gasteiger charge is -2.31. The fourth-order valence-corrected chi connectivity index (χ4v) is 6.96. The molecule has 1 aromatic carbocycles. The molecule has 1 aliphatic heterocycles. The molecule has 0 radical (unpaired) electrons. The maximum absolute atomic E-state index is 13.3. The van der Waals surface area contributed by atoms with Crippen molar-refractivity contribution < 1.29 is 18.3 Å². The summed E-state index contributed by atoms with van der Waals surface area (Å²) in [5.41, 5.74) is 0.0823. The van der Waals surface area contributed by atoms with Crippen LogP contribution in [0.3, 0.4) is 0 Å². The minimum absolute atomic E-state index is 0.0570. The summed E-state index contributed by atoms with van der Waals surface area (Å²) in [6.07, 6.45) is 1.38. The van der Waals surface area contributed by atoms with E-state index in [9.17, 15) is 13.5 Å². The first kappa shape index (κ1) is 19.7. The maximum Gasteiger partial charge on any atom is 0.248 e. The second-order valence-corrected chi connectivity index (χ2v) is 9.95. The van der Waals surface area contributed by atoms with Gasteiger partial charge >= 0.3 is 0 Å². The van der Waals surface area contributed by atoms with Gasteiger partial charge in [0.1, 0.15) is 15.8 Å². The minimum Gasteiger partial charge on any atom is -0.497 e. The van der Waals surface area contributed by atoms with E-state index in [0.29, 0.717) is 24.4 Å². The standard InChI is InChI=1S/C19H24ClN3O4S/c1-12-17(18(20)22(2)21-12)28(25,26)23-10-13-7-8-19(24,16(13)11-23)14-5-4-6-15(9-14)27-3/h4-6,9,13,16,24H,7-8,10-11H2,1-3H3/t13-,16+,19-/m1/s1. The molecule has 2 fully saturated rings. The van der Waals surface area contributed by atoms with Gasteiger partial charge in [-0.05, 0) is 43.4 Å². The van der Waals surface area contributed by atoms with Gasteiger partial charge in [0.15, 0.2) is 0 Å². The van der Waals surface area contributed by atoms with E-state index in [4.69, 9.17) is 16.3 Å². The Labute approximate surface area is 169 Å². The van der Waals surface area contributed by atoms with Gasteiger partial charge in [0.25, 0.3) is 0 Å². The van der Waals surface area contributed by atoms with Crippen molar-refractivity contribution in [1.29, 1.82) is 0 Å². The zero-order chi connectivity index (χ0) is 20.3. The van der Waals surface area contributed by atoms with E-state index in [1.165, 1.54) is 8.99 Å². The SMILES string of the molecule is COc1cccc([C@]2(O)CC[C@@H]3CN(S(=O)(=O)c4c(C)nn(C)c4Cl)C[C@@H]32)c1. The van der Waals surface area contributed by atoms with Crippen LogP contribution in [0.2, 0.25) is 5.15 Å². The Morgan fingerprint density at radius 2 is 2.11 bits per heavy atom. The fourth-order valence-electron chi connectivity index (χ4n) is 4.74. The van der Waals surface area contributed by atoms with E-state index in [-0.39, 0.29) is 28.4 Å². The van der Waals surface area contributed by atoms with E-state index in [0.717, 1.165) is 12.0 Å². The van der Waals surface area contributed by atoms with E-state index < -0.39 is 15.6 Å². The molecule has 152 valence electrons. The summed E-state index contributed by atoms with van der Waals surface area (Å²) in [4.78, 5) is 0.0570. The first-order valence-electron chi connectivity index (χ1n) is 9.24. The molecule has 2 aliphatic rings. The summed E-state index contributed by atoms with van der Waals surface area (Å²) >= 11 is 6.21. The number of benzene rings is 1. The highest BCUT2D eigenvalue weighted by atomic mass is 35.5. The topological polar surface area (TPSA) is 84.7 Å². The quantitative estimate of drug-likeness (QED) is 0.812. The zero-order valence-electron chi connectivity index (χ0n) is 16.1. The molecule has 1 aromatic heterocycles. The Morgan fingerprint density at radius 1 is 1.36 bits per heavy atom. The molecular formula is C19H24ClN3O4S. The third-order valence-electron chi connectivity index (χ3n) is 6.18. The van der Waals surface area contributed by atoms with Crippen LogP contribution < -0.4 is 4.74 Å². The Kier molecular flexibility index (Phi) is 4.73. The molecule has 4 rings (SSSR count). The zero-order valence-corrected chi connectivity index (χ0v) is 17.7. The molecule has 2 heterocycles. The monoisotopic (exact) mass is 425 g/mol. The van der Waals surface area contributed by atoms with Crippen molar-refractivity contribution in [3.05, 3.63) is 40.7 Å². The van der Waals surface area contributed by atoms with Crippen molar-refractivity contribution in [1.82, 2.24) is 14.1 Å². The number of fused-ring (bicyclic) bond motifs is 1. The predicted octanol–water partition coefficient (Wildman–Crippen LogP) is 2.31. The number of aliphatic hydroxyl groups is 1. The van der Waals surface area contributed by atoms with Gasteiger partial charge in [-0.2, -0.15) is 9.40 Å². The average Bonchev–Trinajstić information content (AvgIpc) is 3.30. The highest BCUT2D eigenvalue weighted by molar-refractivity contribution is 7.89. The van der Waals surface area contributed by atoms with Gasteiger partial charge in [0, 0.05) is 26.1 Å². The van der Waals surface area contributed by atoms with Gasteiger partial charge < -0.3 is 9.84 Å². The minimum atomic E-state index is -3.78. The molecule has 2 aromatic rings. The van der Waals surface area contributed by atoms with E-state index in [2.05, 4.69) is 5.10 Å². The van der Waals surface area contributed by atoms with Crippen LogP contribution in [0, 0.1) is 18.8 Å². The van der Waals surface area contributed by atoms with Crippen LogP contribution in [-0.2, 0) is 22.7 Å². The van der Waals surface area contributed by atoms with Crippen LogP contribution in [0.25, 0.3) is 0 Å². The van der Waals surface area contributed by atoms with Gasteiger partial charge in [-0.3, -0.25) is 4.68 Å². The van der Waals surface area contributed by atoms with Crippen LogP contribution >= 0.6 is 11.6 Å². The Bertz CT molecular complexity index is 1020. The largest absolute Gasteiger partial charge is 0.497 e. The molecule has 1 N–H and O–H groups in total. The number of nitrogens with zero attached hydrogens (tertiary/aromatic N) is 3. The number of hydrogen-bond donors (Lipinski definition) is 1. The summed E-state index contributed by atoms with van der Waals surface area (Å²) in [6.45, 7) is 2.28. The summed E-state index contributed by atoms with van der Waals surface area (Å²) in [6, 6.07) is 7.39. The molecule has 0 bridgehead atoms. The fraction of sp³-hybridized carbons (Fsp3) is 0.526. The summed E-state index contributed by atoms with van der Waals surface area (Å²) in [7, 11) is -0.577. The van der Waals surface area contributed by atoms with Crippen LogP contribution in [-0.4, -0.2) is 47.8 Å². The molecule has 1 aliphatic carbocycles. The first-order chi connectivity index (χ1) is 13.2. The molecule has 0 unspecified atom stereocenters. The van der Waals surface area contributed by atoms with Gasteiger partial charge in [-0.15, -0.1) is 0 Å². The van der Waals surface area contributed by atoms with Gasteiger partial charge in [0.2, 0.25) is 10.0 Å². The number of rotatable bonds is 4. The molecule has 1 saturated carbocycles. The number of ether oxygens (including phenoxy) is 1. The molecule has 28 heavy (non-hydrogen) atoms. The molecule has 3 atom stereocenters. The van der Waals surface area contributed by atoms with E-state index in [1.54, 1.807) is 21.1 Å². The summed E-state index contributed by atoms with van der Waals surface area (Å²) in [5, 5.41) is 15.7. The van der Waals surface area contributed by atoms with Crippen molar-refractivity contribution in [3.63, 3.8) is 0 Å². The van der Waals surface area contributed by atoms with Gasteiger partial charge in [0.05, 0.1) is 18.4 Å². The molecule has 7 nitrogen and oxygen atoms in total. The Balaban J connectivity index is 1.66. The first-order valence-corrected chi connectivity index (χ1v) is 11.1. The lowest BCUT2D eigenvalue weighted by Crippen LogP contribution is -2.36. The number of sulfonamides is 1. The highest BCUT2D eigenvalue weighted by Gasteiger charge is 2.55. The third kappa shape index (κ3) is 2.85. The van der Waals surface area contributed by atoms with E-state index >= 15 is 0 Å². The molecular weight excluding hydrogens is 402 g/mol. The van der Waals surface area contributed by atoms with Crippen molar-refractivity contribution in [3.8, 4) is 5.75 Å². The van der Waals surface area contributed by atoms with Gasteiger partial charge in [-0.1, -0.05) is 23.7 Å². The number of aromatic nitrogens is 2. The molecule has 1 saturated heterocycles. The number of methoxy groups -OCH3 is 1. The lowest BCUT2D eigenvalue weighted by atomic mass is 9.82.